The van der Waals surface area contributed by atoms with Crippen molar-refractivity contribution in [3.8, 4) is 0 Å². The van der Waals surface area contributed by atoms with Gasteiger partial charge in [-0.3, -0.25) is 4.90 Å². The van der Waals surface area contributed by atoms with Crippen LogP contribution in [-0.2, 0) is 6.54 Å². The van der Waals surface area contributed by atoms with Crippen LogP contribution >= 0.6 is 11.8 Å². The van der Waals surface area contributed by atoms with Crippen molar-refractivity contribution in [1.82, 2.24) is 14.9 Å². The molecule has 0 amide bonds. The highest BCUT2D eigenvalue weighted by molar-refractivity contribution is 7.99. The fourth-order valence-corrected chi connectivity index (χ4v) is 2.98. The maximum absolute atomic E-state index is 4.59. The van der Waals surface area contributed by atoms with Crippen molar-refractivity contribution < 1.29 is 0 Å². The van der Waals surface area contributed by atoms with Crippen molar-refractivity contribution in [2.45, 2.75) is 26.8 Å². The van der Waals surface area contributed by atoms with E-state index in [1.807, 2.05) is 24.8 Å². The number of rotatable bonds is 5. The molecule has 0 saturated carbocycles. The molecule has 1 N–H and O–H groups in total. The highest BCUT2D eigenvalue weighted by Gasteiger charge is 2.12. The van der Waals surface area contributed by atoms with Gasteiger partial charge in [-0.25, -0.2) is 9.97 Å². The maximum atomic E-state index is 4.59. The molecule has 18 heavy (non-hydrogen) atoms. The summed E-state index contributed by atoms with van der Waals surface area (Å²) < 4.78 is 0. The number of thioether (sulfide) groups is 1. The molecule has 100 valence electrons. The van der Waals surface area contributed by atoms with Crippen LogP contribution < -0.4 is 5.32 Å². The summed E-state index contributed by atoms with van der Waals surface area (Å²) in [5.41, 5.74) is 1.05. The molecule has 0 unspecified atom stereocenters. The first-order valence-corrected chi connectivity index (χ1v) is 7.82. The Morgan fingerprint density at radius 3 is 2.83 bits per heavy atom. The zero-order chi connectivity index (χ0) is 12.8. The predicted octanol–water partition coefficient (Wildman–Crippen LogP) is 2.16. The molecule has 1 aromatic rings. The van der Waals surface area contributed by atoms with Crippen LogP contribution in [0.1, 0.15) is 24.9 Å². The second-order valence-corrected chi connectivity index (χ2v) is 5.85. The lowest BCUT2D eigenvalue weighted by molar-refractivity contribution is 0.287. The standard InChI is InChI=1S/C13H22N4S/c1-3-4-14-12-9-11(2)15-13(16-12)10-17-5-7-18-8-6-17/h9H,3-8,10H2,1-2H3,(H,14,15,16). The fourth-order valence-electron chi connectivity index (χ4n) is 2.00. The first-order chi connectivity index (χ1) is 8.78. The topological polar surface area (TPSA) is 41.1 Å². The fraction of sp³-hybridized carbons (Fsp3) is 0.692. The van der Waals surface area contributed by atoms with E-state index >= 15 is 0 Å². The van der Waals surface area contributed by atoms with Gasteiger partial charge in [-0.2, -0.15) is 11.8 Å². The summed E-state index contributed by atoms with van der Waals surface area (Å²) in [5, 5.41) is 3.34. The van der Waals surface area contributed by atoms with Crippen LogP contribution in [0.5, 0.6) is 0 Å². The zero-order valence-electron chi connectivity index (χ0n) is 11.3. The van der Waals surface area contributed by atoms with E-state index in [0.29, 0.717) is 0 Å². The second-order valence-electron chi connectivity index (χ2n) is 4.63. The minimum Gasteiger partial charge on any atom is -0.370 e. The minimum absolute atomic E-state index is 0.878. The molecular weight excluding hydrogens is 244 g/mol. The van der Waals surface area contributed by atoms with Gasteiger partial charge in [0, 0.05) is 42.9 Å². The molecule has 0 aliphatic carbocycles. The molecule has 0 radical (unpaired) electrons. The van der Waals surface area contributed by atoms with Gasteiger partial charge in [0.1, 0.15) is 11.6 Å². The Labute approximate surface area is 114 Å². The molecule has 2 rings (SSSR count). The summed E-state index contributed by atoms with van der Waals surface area (Å²) in [7, 11) is 0. The third kappa shape index (κ3) is 4.14. The Balaban J connectivity index is 1.99. The number of aromatic nitrogens is 2. The molecule has 1 fully saturated rings. The van der Waals surface area contributed by atoms with Gasteiger partial charge in [-0.1, -0.05) is 6.92 Å². The number of nitrogens with one attached hydrogen (secondary N) is 1. The lowest BCUT2D eigenvalue weighted by Crippen LogP contribution is -2.32. The second kappa shape index (κ2) is 6.95. The van der Waals surface area contributed by atoms with Gasteiger partial charge in [0.15, 0.2) is 0 Å². The van der Waals surface area contributed by atoms with E-state index in [4.69, 9.17) is 0 Å². The monoisotopic (exact) mass is 266 g/mol. The Bertz CT molecular complexity index is 377. The van der Waals surface area contributed by atoms with Crippen LogP contribution in [0.3, 0.4) is 0 Å². The van der Waals surface area contributed by atoms with Gasteiger partial charge in [-0.15, -0.1) is 0 Å². The van der Waals surface area contributed by atoms with Crippen molar-refractivity contribution in [2.75, 3.05) is 36.5 Å². The normalized spacial score (nSPS) is 16.8. The SMILES string of the molecule is CCCNc1cc(C)nc(CN2CCSCC2)n1. The molecule has 2 heterocycles. The van der Waals surface area contributed by atoms with E-state index in [1.54, 1.807) is 0 Å². The van der Waals surface area contributed by atoms with Crippen LogP contribution in [0.15, 0.2) is 6.07 Å². The third-order valence-electron chi connectivity index (χ3n) is 2.93. The molecule has 0 bridgehead atoms. The van der Waals surface area contributed by atoms with Crippen LogP contribution in [0, 0.1) is 6.92 Å². The molecule has 1 aliphatic rings. The molecule has 5 heteroatoms. The Kier molecular flexibility index (Phi) is 5.26. The molecule has 1 aromatic heterocycles. The number of hydrogen-bond donors (Lipinski definition) is 1. The van der Waals surface area contributed by atoms with E-state index in [2.05, 4.69) is 27.1 Å². The molecule has 0 aromatic carbocycles. The van der Waals surface area contributed by atoms with Crippen LogP contribution in [0.4, 0.5) is 5.82 Å². The summed E-state index contributed by atoms with van der Waals surface area (Å²) in [6.07, 6.45) is 1.11. The molecular formula is C13H22N4S. The quantitative estimate of drug-likeness (QED) is 0.884. The average molecular weight is 266 g/mol. The maximum Gasteiger partial charge on any atom is 0.144 e. The van der Waals surface area contributed by atoms with E-state index < -0.39 is 0 Å². The summed E-state index contributed by atoms with van der Waals surface area (Å²) in [5.74, 6) is 4.37. The van der Waals surface area contributed by atoms with Crippen molar-refractivity contribution in [3.05, 3.63) is 17.6 Å². The van der Waals surface area contributed by atoms with Crippen molar-refractivity contribution >= 4 is 17.6 Å². The van der Waals surface area contributed by atoms with E-state index in [1.165, 1.54) is 11.5 Å². The first-order valence-electron chi connectivity index (χ1n) is 6.66. The predicted molar refractivity (Wildman–Crippen MR) is 78.2 cm³/mol. The molecule has 1 saturated heterocycles. The summed E-state index contributed by atoms with van der Waals surface area (Å²) in [6, 6.07) is 2.02. The smallest absolute Gasteiger partial charge is 0.144 e. The molecule has 1 aliphatic heterocycles. The van der Waals surface area contributed by atoms with Gasteiger partial charge < -0.3 is 5.32 Å². The lowest BCUT2D eigenvalue weighted by atomic mass is 10.3. The van der Waals surface area contributed by atoms with Crippen LogP contribution in [0.25, 0.3) is 0 Å². The summed E-state index contributed by atoms with van der Waals surface area (Å²) in [6.45, 7) is 8.35. The lowest BCUT2D eigenvalue weighted by Gasteiger charge is -2.25. The van der Waals surface area contributed by atoms with Crippen molar-refractivity contribution in [1.29, 1.82) is 0 Å². The van der Waals surface area contributed by atoms with E-state index in [9.17, 15) is 0 Å². The molecule has 0 spiro atoms. The average Bonchev–Trinajstić information content (AvgIpc) is 2.37. The van der Waals surface area contributed by atoms with Gasteiger partial charge in [0.05, 0.1) is 6.54 Å². The Hall–Kier alpha value is -0.810. The van der Waals surface area contributed by atoms with Crippen molar-refractivity contribution in [2.24, 2.45) is 0 Å². The largest absolute Gasteiger partial charge is 0.370 e. The molecule has 0 atom stereocenters. The van der Waals surface area contributed by atoms with Gasteiger partial charge >= 0.3 is 0 Å². The van der Waals surface area contributed by atoms with Crippen LogP contribution in [0.2, 0.25) is 0 Å². The summed E-state index contributed by atoms with van der Waals surface area (Å²) in [4.78, 5) is 11.6. The Morgan fingerprint density at radius 2 is 2.11 bits per heavy atom. The van der Waals surface area contributed by atoms with Gasteiger partial charge in [0.25, 0.3) is 0 Å². The van der Waals surface area contributed by atoms with Gasteiger partial charge in [-0.05, 0) is 13.3 Å². The summed E-state index contributed by atoms with van der Waals surface area (Å²) >= 11 is 2.03. The van der Waals surface area contributed by atoms with E-state index in [0.717, 1.165) is 49.9 Å². The van der Waals surface area contributed by atoms with Gasteiger partial charge in [0.2, 0.25) is 0 Å². The minimum atomic E-state index is 0.878. The highest BCUT2D eigenvalue weighted by atomic mass is 32.2. The van der Waals surface area contributed by atoms with E-state index in [-0.39, 0.29) is 0 Å². The number of anilines is 1. The number of hydrogen-bond acceptors (Lipinski definition) is 5. The molecule has 4 nitrogen and oxygen atoms in total. The highest BCUT2D eigenvalue weighted by Crippen LogP contribution is 2.13. The van der Waals surface area contributed by atoms with Crippen LogP contribution in [-0.4, -0.2) is 46.0 Å². The van der Waals surface area contributed by atoms with Crippen molar-refractivity contribution in [3.63, 3.8) is 0 Å². The number of nitrogens with zero attached hydrogens (tertiary/aromatic N) is 3. The Morgan fingerprint density at radius 1 is 1.33 bits per heavy atom. The third-order valence-corrected chi connectivity index (χ3v) is 3.87. The first kappa shape index (κ1) is 13.6. The zero-order valence-corrected chi connectivity index (χ0v) is 12.1. The number of aryl methyl sites for hydroxylation is 1.